The largest absolute Gasteiger partial charge is 0.496 e. The zero-order chi connectivity index (χ0) is 26.1. The molecule has 1 N–H and O–H groups in total. The van der Waals surface area contributed by atoms with E-state index >= 15 is 0 Å². The van der Waals surface area contributed by atoms with Gasteiger partial charge in [0.15, 0.2) is 0 Å². The van der Waals surface area contributed by atoms with Crippen LogP contribution in [0.5, 0.6) is 11.5 Å². The summed E-state index contributed by atoms with van der Waals surface area (Å²) < 4.78 is 16.0. The maximum Gasteiger partial charge on any atom is 0.354 e. The quantitative estimate of drug-likeness (QED) is 0.174. The molecule has 4 aromatic rings. The third-order valence-electron chi connectivity index (χ3n) is 5.85. The number of hydrogen-bond acceptors (Lipinski definition) is 4. The number of carboxylic acids is 1. The molecule has 0 unspecified atom stereocenters. The van der Waals surface area contributed by atoms with Gasteiger partial charge in [-0.3, -0.25) is 0 Å². The maximum absolute atomic E-state index is 12.5. The zero-order valence-electron chi connectivity index (χ0n) is 20.7. The van der Waals surface area contributed by atoms with Crippen LogP contribution in [0.4, 0.5) is 0 Å². The summed E-state index contributed by atoms with van der Waals surface area (Å²) in [6.07, 6.45) is 4.96. The molecular weight excluding hydrogens is 481 g/mol. The summed E-state index contributed by atoms with van der Waals surface area (Å²) in [6, 6.07) is 35.2. The van der Waals surface area contributed by atoms with Crippen LogP contribution in [0.1, 0.15) is 5.56 Å². The van der Waals surface area contributed by atoms with E-state index in [1.165, 1.54) is 6.08 Å². The second-order valence-corrected chi connectivity index (χ2v) is 11.1. The summed E-state index contributed by atoms with van der Waals surface area (Å²) in [6.45, 7) is 0. The third kappa shape index (κ3) is 5.58. The molecule has 0 heterocycles. The van der Waals surface area contributed by atoms with Crippen molar-refractivity contribution in [1.29, 1.82) is 0 Å². The normalized spacial score (nSPS) is 11.8. The van der Waals surface area contributed by atoms with Crippen LogP contribution in [0, 0.1) is 0 Å². The second kappa shape index (κ2) is 12.1. The summed E-state index contributed by atoms with van der Waals surface area (Å²) >= 11 is 0. The number of aliphatic carboxylic acids is 1. The van der Waals surface area contributed by atoms with Crippen LogP contribution in [-0.4, -0.2) is 25.3 Å². The highest BCUT2D eigenvalue weighted by molar-refractivity contribution is 7.87. The highest BCUT2D eigenvalue weighted by Crippen LogP contribution is 2.47. The molecular formula is C31H28NO4P. The summed E-state index contributed by atoms with van der Waals surface area (Å²) in [5, 5.41) is 13.2. The lowest BCUT2D eigenvalue weighted by atomic mass is 10.1. The van der Waals surface area contributed by atoms with E-state index in [1.807, 2.05) is 109 Å². The molecule has 0 amide bonds. The molecule has 0 fully saturated rings. The number of allylic oxidation sites excluding steroid dienone is 2. The van der Waals surface area contributed by atoms with E-state index in [2.05, 4.69) is 0 Å². The van der Waals surface area contributed by atoms with Crippen molar-refractivity contribution in [1.82, 2.24) is 0 Å². The van der Waals surface area contributed by atoms with E-state index in [-0.39, 0.29) is 5.70 Å². The average molecular weight is 510 g/mol. The van der Waals surface area contributed by atoms with Crippen molar-refractivity contribution in [2.45, 2.75) is 0 Å². The lowest BCUT2D eigenvalue weighted by molar-refractivity contribution is -0.132. The van der Waals surface area contributed by atoms with Gasteiger partial charge in [-0.1, -0.05) is 103 Å². The number of hydrogen-bond donors (Lipinski definition) is 1. The molecule has 0 aliphatic rings. The molecule has 186 valence electrons. The molecule has 0 saturated heterocycles. The first kappa shape index (κ1) is 25.7. The fraction of sp³-hybridized carbons (Fsp3) is 0.0645. The first-order valence-electron chi connectivity index (χ1n) is 11.7. The fourth-order valence-corrected chi connectivity index (χ4v) is 7.67. The Labute approximate surface area is 217 Å². The van der Waals surface area contributed by atoms with Crippen molar-refractivity contribution in [3.8, 4) is 11.5 Å². The van der Waals surface area contributed by atoms with Gasteiger partial charge in [0.25, 0.3) is 0 Å². The van der Waals surface area contributed by atoms with E-state index in [0.29, 0.717) is 17.1 Å². The molecule has 0 spiro atoms. The van der Waals surface area contributed by atoms with Crippen LogP contribution in [0.2, 0.25) is 0 Å². The van der Waals surface area contributed by atoms with Crippen LogP contribution in [0.15, 0.2) is 132 Å². The minimum absolute atomic E-state index is 0.0463. The molecule has 4 rings (SSSR count). The summed E-state index contributed by atoms with van der Waals surface area (Å²) in [5.41, 5.74) is 0.665. The number of nitrogens with zero attached hydrogens (tertiary/aromatic N) is 1. The minimum Gasteiger partial charge on any atom is -0.496 e. The Morgan fingerprint density at radius 2 is 1.14 bits per heavy atom. The topological polar surface area (TPSA) is 68.1 Å². The summed E-state index contributed by atoms with van der Waals surface area (Å²) in [5.74, 6) is 0.138. The standard InChI is InChI=1S/C31H28NO4P/c1-35-29-22-13-23-30(36-2)27(29)20-12-21-28(31(33)34)32-37(24-14-6-3-7-15-24,25-16-8-4-9-17-25)26-18-10-5-11-19-26/h3-23H,1-2H3,(H,33,34)/b20-12+,28-21+. The van der Waals surface area contributed by atoms with E-state index in [0.717, 1.165) is 15.9 Å². The van der Waals surface area contributed by atoms with Gasteiger partial charge in [-0.2, -0.15) is 0 Å². The molecule has 37 heavy (non-hydrogen) atoms. The Morgan fingerprint density at radius 3 is 1.51 bits per heavy atom. The number of methoxy groups -OCH3 is 2. The van der Waals surface area contributed by atoms with Gasteiger partial charge in [-0.25, -0.2) is 9.54 Å². The van der Waals surface area contributed by atoms with E-state index in [4.69, 9.17) is 14.2 Å². The van der Waals surface area contributed by atoms with Crippen molar-refractivity contribution in [2.75, 3.05) is 14.2 Å². The minimum atomic E-state index is -2.71. The summed E-state index contributed by atoms with van der Waals surface area (Å²) in [4.78, 5) is 12.5. The van der Waals surface area contributed by atoms with Crippen molar-refractivity contribution in [2.24, 2.45) is 4.74 Å². The smallest absolute Gasteiger partial charge is 0.354 e. The molecule has 0 aromatic heterocycles. The lowest BCUT2D eigenvalue weighted by Gasteiger charge is -2.27. The van der Waals surface area contributed by atoms with Crippen LogP contribution >= 0.6 is 7.05 Å². The number of ether oxygens (including phenoxy) is 2. The van der Waals surface area contributed by atoms with E-state index in [1.54, 1.807) is 26.4 Å². The molecule has 5 nitrogen and oxygen atoms in total. The Bertz CT molecular complexity index is 1340. The second-order valence-electron chi connectivity index (χ2n) is 8.03. The SMILES string of the molecule is COc1cccc(OC)c1/C=C/C=C(/N=P(c1ccccc1)(c1ccccc1)c1ccccc1)C(=O)O. The van der Waals surface area contributed by atoms with Gasteiger partial charge in [0, 0.05) is 15.9 Å². The van der Waals surface area contributed by atoms with E-state index < -0.39 is 13.0 Å². The van der Waals surface area contributed by atoms with Gasteiger partial charge < -0.3 is 14.6 Å². The zero-order valence-corrected chi connectivity index (χ0v) is 21.6. The molecule has 4 aromatic carbocycles. The summed E-state index contributed by atoms with van der Waals surface area (Å²) in [7, 11) is 0.450. The van der Waals surface area contributed by atoms with Crippen molar-refractivity contribution in [3.63, 3.8) is 0 Å². The molecule has 0 radical (unpaired) electrons. The molecule has 6 heteroatoms. The van der Waals surface area contributed by atoms with Gasteiger partial charge in [0.1, 0.15) is 17.2 Å². The van der Waals surface area contributed by atoms with Crippen molar-refractivity contribution in [3.05, 3.63) is 133 Å². The molecule has 0 atom stereocenters. The number of rotatable bonds is 9. The van der Waals surface area contributed by atoms with Crippen LogP contribution < -0.4 is 25.4 Å². The molecule has 0 aliphatic heterocycles. The predicted molar refractivity (Wildman–Crippen MR) is 152 cm³/mol. The fourth-order valence-electron chi connectivity index (χ4n) is 4.14. The predicted octanol–water partition coefficient (Wildman–Crippen LogP) is 5.86. The van der Waals surface area contributed by atoms with Gasteiger partial charge in [0.2, 0.25) is 0 Å². The Balaban J connectivity index is 1.98. The van der Waals surface area contributed by atoms with E-state index in [9.17, 15) is 9.90 Å². The first-order chi connectivity index (χ1) is 18.1. The molecule has 0 saturated carbocycles. The Morgan fingerprint density at radius 1 is 0.703 bits per heavy atom. The first-order valence-corrected chi connectivity index (χ1v) is 13.5. The average Bonchev–Trinajstić information content (AvgIpc) is 2.96. The lowest BCUT2D eigenvalue weighted by Crippen LogP contribution is -2.25. The van der Waals surface area contributed by atoms with Crippen molar-refractivity contribution < 1.29 is 19.4 Å². The number of benzene rings is 4. The van der Waals surface area contributed by atoms with Crippen LogP contribution in [0.25, 0.3) is 6.08 Å². The van der Waals surface area contributed by atoms with Crippen LogP contribution in [-0.2, 0) is 4.79 Å². The monoisotopic (exact) mass is 509 g/mol. The van der Waals surface area contributed by atoms with Gasteiger partial charge in [-0.15, -0.1) is 0 Å². The highest BCUT2D eigenvalue weighted by Gasteiger charge is 2.28. The number of carbonyl (C=O) groups is 1. The highest BCUT2D eigenvalue weighted by atomic mass is 31.2. The molecule has 0 bridgehead atoms. The number of carboxylic acid groups (broad SMARTS) is 1. The molecule has 0 aliphatic carbocycles. The maximum atomic E-state index is 12.5. The Kier molecular flexibility index (Phi) is 8.40. The van der Waals surface area contributed by atoms with Gasteiger partial charge in [0.05, 0.1) is 26.8 Å². The van der Waals surface area contributed by atoms with Gasteiger partial charge >= 0.3 is 5.97 Å². The Hall–Kier alpha value is -4.34. The van der Waals surface area contributed by atoms with Crippen LogP contribution in [0.3, 0.4) is 0 Å². The van der Waals surface area contributed by atoms with Crippen molar-refractivity contribution >= 4 is 35.0 Å². The van der Waals surface area contributed by atoms with Gasteiger partial charge in [-0.05, 0) is 24.3 Å². The third-order valence-corrected chi connectivity index (χ3v) is 9.50.